The number of benzene rings is 2. The number of fused-ring (bicyclic) bond motifs is 1. The second-order valence-electron chi connectivity index (χ2n) is 9.33. The molecule has 1 fully saturated rings. The Morgan fingerprint density at radius 1 is 1.27 bits per heavy atom. The van der Waals surface area contributed by atoms with Crippen LogP contribution in [-0.4, -0.2) is 29.5 Å². The molecule has 160 valence electrons. The van der Waals surface area contributed by atoms with E-state index in [0.717, 1.165) is 60.8 Å². The van der Waals surface area contributed by atoms with Crippen molar-refractivity contribution in [1.82, 2.24) is 10.2 Å². The van der Waals surface area contributed by atoms with Gasteiger partial charge in [0.2, 0.25) is 5.91 Å². The van der Waals surface area contributed by atoms with E-state index in [0.29, 0.717) is 0 Å². The fourth-order valence-electron chi connectivity index (χ4n) is 4.66. The van der Waals surface area contributed by atoms with E-state index in [1.807, 2.05) is 18.2 Å². The lowest BCUT2D eigenvalue weighted by atomic mass is 9.88. The third-order valence-corrected chi connectivity index (χ3v) is 6.54. The summed E-state index contributed by atoms with van der Waals surface area (Å²) in [7, 11) is 0. The SMILES string of the molecule is Cc1ccc2c(c1)OC(C)(C)C[C@H]2NC(=O)[C@@H]1CCCN(Cc2ccccc2Cl)C1. The molecule has 0 radical (unpaired) electrons. The number of nitrogens with one attached hydrogen (secondary N) is 1. The number of carbonyl (C=O) groups is 1. The molecule has 0 bridgehead atoms. The van der Waals surface area contributed by atoms with Crippen LogP contribution >= 0.6 is 11.6 Å². The van der Waals surface area contributed by atoms with Gasteiger partial charge < -0.3 is 10.1 Å². The molecule has 4 nitrogen and oxygen atoms in total. The number of ether oxygens (including phenoxy) is 1. The van der Waals surface area contributed by atoms with Crippen LogP contribution in [0.4, 0.5) is 0 Å². The molecular weight excluding hydrogens is 396 g/mol. The Bertz CT molecular complexity index is 927. The highest BCUT2D eigenvalue weighted by molar-refractivity contribution is 6.31. The van der Waals surface area contributed by atoms with Crippen LogP contribution in [0.3, 0.4) is 0 Å². The largest absolute Gasteiger partial charge is 0.487 e. The molecule has 2 aromatic rings. The summed E-state index contributed by atoms with van der Waals surface area (Å²) >= 11 is 6.34. The van der Waals surface area contributed by atoms with Gasteiger partial charge in [-0.3, -0.25) is 9.69 Å². The summed E-state index contributed by atoms with van der Waals surface area (Å²) in [5, 5.41) is 4.14. The molecule has 2 aliphatic heterocycles. The molecule has 30 heavy (non-hydrogen) atoms. The molecule has 4 rings (SSSR count). The van der Waals surface area contributed by atoms with Crippen molar-refractivity contribution >= 4 is 17.5 Å². The van der Waals surface area contributed by atoms with E-state index in [-0.39, 0.29) is 23.5 Å². The Hall–Kier alpha value is -2.04. The van der Waals surface area contributed by atoms with Crippen LogP contribution in [0.2, 0.25) is 5.02 Å². The van der Waals surface area contributed by atoms with Crippen molar-refractivity contribution in [2.45, 2.75) is 58.2 Å². The third-order valence-electron chi connectivity index (χ3n) is 6.17. The molecule has 2 aromatic carbocycles. The highest BCUT2D eigenvalue weighted by Crippen LogP contribution is 2.40. The fourth-order valence-corrected chi connectivity index (χ4v) is 4.85. The van der Waals surface area contributed by atoms with Crippen LogP contribution in [-0.2, 0) is 11.3 Å². The molecular formula is C25H31ClN2O2. The molecule has 1 amide bonds. The van der Waals surface area contributed by atoms with E-state index in [9.17, 15) is 4.79 Å². The van der Waals surface area contributed by atoms with E-state index in [4.69, 9.17) is 16.3 Å². The number of carbonyl (C=O) groups excluding carboxylic acids is 1. The van der Waals surface area contributed by atoms with Crippen molar-refractivity contribution < 1.29 is 9.53 Å². The summed E-state index contributed by atoms with van der Waals surface area (Å²) in [4.78, 5) is 15.6. The number of nitrogens with zero attached hydrogens (tertiary/aromatic N) is 1. The van der Waals surface area contributed by atoms with Crippen LogP contribution < -0.4 is 10.1 Å². The molecule has 0 spiro atoms. The van der Waals surface area contributed by atoms with Gasteiger partial charge in [-0.1, -0.05) is 41.9 Å². The summed E-state index contributed by atoms with van der Waals surface area (Å²) in [5.41, 5.74) is 3.06. The average molecular weight is 427 g/mol. The lowest BCUT2D eigenvalue weighted by Crippen LogP contribution is -2.46. The first kappa shape index (κ1) is 21.2. The normalized spacial score (nSPS) is 23.3. The van der Waals surface area contributed by atoms with Gasteiger partial charge in [0.05, 0.1) is 12.0 Å². The first-order valence-electron chi connectivity index (χ1n) is 10.9. The average Bonchev–Trinajstić information content (AvgIpc) is 2.69. The quantitative estimate of drug-likeness (QED) is 0.723. The lowest BCUT2D eigenvalue weighted by Gasteiger charge is -2.39. The molecule has 5 heteroatoms. The number of aryl methyl sites for hydroxylation is 1. The maximum Gasteiger partial charge on any atom is 0.224 e. The molecule has 0 unspecified atom stereocenters. The van der Waals surface area contributed by atoms with Crippen LogP contribution in [0.15, 0.2) is 42.5 Å². The highest BCUT2D eigenvalue weighted by atomic mass is 35.5. The summed E-state index contributed by atoms with van der Waals surface area (Å²) in [6.45, 7) is 8.79. The van der Waals surface area contributed by atoms with Crippen molar-refractivity contribution in [2.75, 3.05) is 13.1 Å². The number of halogens is 1. The van der Waals surface area contributed by atoms with Crippen molar-refractivity contribution in [2.24, 2.45) is 5.92 Å². The van der Waals surface area contributed by atoms with E-state index < -0.39 is 0 Å². The predicted octanol–water partition coefficient (Wildman–Crippen LogP) is 5.28. The molecule has 1 saturated heterocycles. The van der Waals surface area contributed by atoms with Gasteiger partial charge >= 0.3 is 0 Å². The lowest BCUT2D eigenvalue weighted by molar-refractivity contribution is -0.128. The van der Waals surface area contributed by atoms with Gasteiger partial charge in [-0.25, -0.2) is 0 Å². The molecule has 0 saturated carbocycles. The summed E-state index contributed by atoms with van der Waals surface area (Å²) in [6.07, 6.45) is 2.72. The molecule has 1 N–H and O–H groups in total. The molecule has 0 aromatic heterocycles. The third kappa shape index (κ3) is 4.81. The number of amides is 1. The first-order chi connectivity index (χ1) is 14.3. The zero-order valence-electron chi connectivity index (χ0n) is 18.1. The van der Waals surface area contributed by atoms with Gasteiger partial charge in [0.1, 0.15) is 11.4 Å². The minimum atomic E-state index is -0.304. The summed E-state index contributed by atoms with van der Waals surface area (Å²) < 4.78 is 6.18. The van der Waals surface area contributed by atoms with Crippen LogP contribution in [0.5, 0.6) is 5.75 Å². The highest BCUT2D eigenvalue weighted by Gasteiger charge is 2.36. The molecule has 2 heterocycles. The van der Waals surface area contributed by atoms with Gasteiger partial charge in [0.15, 0.2) is 0 Å². The second kappa shape index (κ2) is 8.60. The van der Waals surface area contributed by atoms with E-state index in [1.165, 1.54) is 5.56 Å². The summed E-state index contributed by atoms with van der Waals surface area (Å²) in [6, 6.07) is 14.2. The Kier molecular flexibility index (Phi) is 6.08. The zero-order chi connectivity index (χ0) is 21.3. The Labute approximate surface area is 184 Å². The Morgan fingerprint density at radius 2 is 2.07 bits per heavy atom. The standard InChI is InChI=1S/C25H31ClN2O2/c1-17-10-11-20-22(14-25(2,3)30-23(20)13-17)27-24(29)19-8-6-12-28(16-19)15-18-7-4-5-9-21(18)26/h4-5,7,9-11,13,19,22H,6,8,12,14-16H2,1-3H3,(H,27,29)/t19-,22-/m1/s1. The van der Waals surface area contributed by atoms with Crippen LogP contribution in [0, 0.1) is 12.8 Å². The van der Waals surface area contributed by atoms with Crippen molar-refractivity contribution in [3.05, 3.63) is 64.2 Å². The first-order valence-corrected chi connectivity index (χ1v) is 11.2. The van der Waals surface area contributed by atoms with E-state index in [1.54, 1.807) is 0 Å². The minimum absolute atomic E-state index is 0.00101. The van der Waals surface area contributed by atoms with Gasteiger partial charge in [0.25, 0.3) is 0 Å². The van der Waals surface area contributed by atoms with Crippen LogP contribution in [0.25, 0.3) is 0 Å². The van der Waals surface area contributed by atoms with Gasteiger partial charge in [-0.2, -0.15) is 0 Å². The Balaban J connectivity index is 1.44. The van der Waals surface area contributed by atoms with Crippen molar-refractivity contribution in [1.29, 1.82) is 0 Å². The van der Waals surface area contributed by atoms with Gasteiger partial charge in [-0.15, -0.1) is 0 Å². The minimum Gasteiger partial charge on any atom is -0.487 e. The van der Waals surface area contributed by atoms with Crippen molar-refractivity contribution in [3.8, 4) is 5.75 Å². The number of likely N-dealkylation sites (tertiary alicyclic amines) is 1. The Morgan fingerprint density at radius 3 is 2.87 bits per heavy atom. The topological polar surface area (TPSA) is 41.6 Å². The number of piperidine rings is 1. The van der Waals surface area contributed by atoms with E-state index in [2.05, 4.69) is 55.3 Å². The summed E-state index contributed by atoms with van der Waals surface area (Å²) in [5.74, 6) is 1.04. The molecule has 0 aliphatic carbocycles. The number of hydrogen-bond acceptors (Lipinski definition) is 3. The molecule has 2 aliphatic rings. The number of rotatable bonds is 4. The van der Waals surface area contributed by atoms with E-state index >= 15 is 0 Å². The van der Waals surface area contributed by atoms with Crippen LogP contribution in [0.1, 0.15) is 55.8 Å². The van der Waals surface area contributed by atoms with Gasteiger partial charge in [0, 0.05) is 30.1 Å². The second-order valence-corrected chi connectivity index (χ2v) is 9.74. The van der Waals surface area contributed by atoms with Crippen molar-refractivity contribution in [3.63, 3.8) is 0 Å². The zero-order valence-corrected chi connectivity index (χ0v) is 18.8. The van der Waals surface area contributed by atoms with Gasteiger partial charge in [-0.05, 0) is 63.4 Å². The predicted molar refractivity (Wildman–Crippen MR) is 121 cm³/mol. The smallest absolute Gasteiger partial charge is 0.224 e. The molecule has 2 atom stereocenters. The maximum atomic E-state index is 13.2. The fraction of sp³-hybridized carbons (Fsp3) is 0.480. The monoisotopic (exact) mass is 426 g/mol. The maximum absolute atomic E-state index is 13.2. The number of hydrogen-bond donors (Lipinski definition) is 1.